The van der Waals surface area contributed by atoms with Crippen LogP contribution in [0.4, 0.5) is 5.13 Å². The van der Waals surface area contributed by atoms with Gasteiger partial charge in [0.1, 0.15) is 5.75 Å². The number of hydrogen-bond acceptors (Lipinski definition) is 6. The molecule has 142 valence electrons. The van der Waals surface area contributed by atoms with Gasteiger partial charge in [-0.05, 0) is 35.9 Å². The van der Waals surface area contributed by atoms with Gasteiger partial charge in [-0.2, -0.15) is 0 Å². The van der Waals surface area contributed by atoms with Crippen LogP contribution in [0.2, 0.25) is 0 Å². The molecule has 7 heteroatoms. The Balaban J connectivity index is 1.49. The molecule has 1 heterocycles. The fourth-order valence-corrected chi connectivity index (χ4v) is 3.03. The maximum atomic E-state index is 12.0. The van der Waals surface area contributed by atoms with E-state index in [0.29, 0.717) is 5.13 Å². The van der Waals surface area contributed by atoms with Gasteiger partial charge in [-0.3, -0.25) is 10.1 Å². The van der Waals surface area contributed by atoms with Gasteiger partial charge < -0.3 is 9.47 Å². The molecule has 1 amide bonds. The molecule has 0 fully saturated rings. The molecule has 0 aliphatic rings. The number of hydrogen-bond donors (Lipinski definition) is 1. The molecule has 28 heavy (non-hydrogen) atoms. The van der Waals surface area contributed by atoms with Gasteiger partial charge in [0.2, 0.25) is 0 Å². The van der Waals surface area contributed by atoms with Crippen molar-refractivity contribution < 1.29 is 19.1 Å². The molecule has 1 N–H and O–H groups in total. The van der Waals surface area contributed by atoms with Crippen molar-refractivity contribution >= 4 is 34.4 Å². The minimum Gasteiger partial charge on any atom is -0.497 e. The van der Waals surface area contributed by atoms with Gasteiger partial charge >= 0.3 is 5.97 Å². The molecular formula is C21H18N2O4S. The van der Waals surface area contributed by atoms with Crippen molar-refractivity contribution in [3.8, 4) is 17.0 Å². The molecule has 6 nitrogen and oxygen atoms in total. The van der Waals surface area contributed by atoms with E-state index in [2.05, 4.69) is 10.3 Å². The highest BCUT2D eigenvalue weighted by Gasteiger charge is 2.10. The van der Waals surface area contributed by atoms with E-state index in [4.69, 9.17) is 9.47 Å². The summed E-state index contributed by atoms with van der Waals surface area (Å²) in [6, 6.07) is 16.8. The van der Waals surface area contributed by atoms with Crippen molar-refractivity contribution in [1.82, 2.24) is 4.98 Å². The van der Waals surface area contributed by atoms with E-state index in [9.17, 15) is 9.59 Å². The maximum absolute atomic E-state index is 12.0. The van der Waals surface area contributed by atoms with Crippen LogP contribution in [-0.2, 0) is 14.3 Å². The van der Waals surface area contributed by atoms with Crippen molar-refractivity contribution in [1.29, 1.82) is 0 Å². The molecule has 0 radical (unpaired) electrons. The number of amides is 1. The van der Waals surface area contributed by atoms with E-state index >= 15 is 0 Å². The van der Waals surface area contributed by atoms with E-state index < -0.39 is 11.9 Å². The van der Waals surface area contributed by atoms with Gasteiger partial charge in [-0.15, -0.1) is 11.3 Å². The van der Waals surface area contributed by atoms with Crippen molar-refractivity contribution in [2.24, 2.45) is 0 Å². The molecular weight excluding hydrogens is 376 g/mol. The zero-order valence-corrected chi connectivity index (χ0v) is 15.9. The van der Waals surface area contributed by atoms with Gasteiger partial charge in [0.15, 0.2) is 11.7 Å². The fraction of sp³-hybridized carbons (Fsp3) is 0.0952. The number of anilines is 1. The predicted octanol–water partition coefficient (Wildman–Crippen LogP) is 4.01. The maximum Gasteiger partial charge on any atom is 0.331 e. The summed E-state index contributed by atoms with van der Waals surface area (Å²) >= 11 is 1.30. The molecule has 0 unspecified atom stereocenters. The highest BCUT2D eigenvalue weighted by Crippen LogP contribution is 2.26. The third-order valence-corrected chi connectivity index (χ3v) is 4.45. The van der Waals surface area contributed by atoms with Crippen molar-refractivity contribution in [3.63, 3.8) is 0 Å². The third kappa shape index (κ3) is 5.52. The average Bonchev–Trinajstić information content (AvgIpc) is 3.20. The predicted molar refractivity (Wildman–Crippen MR) is 109 cm³/mol. The van der Waals surface area contributed by atoms with E-state index in [1.807, 2.05) is 60.0 Å². The van der Waals surface area contributed by atoms with E-state index in [1.165, 1.54) is 17.4 Å². The van der Waals surface area contributed by atoms with Crippen LogP contribution in [0.1, 0.15) is 5.56 Å². The molecule has 0 saturated carbocycles. The number of carbonyl (C=O) groups is 2. The van der Waals surface area contributed by atoms with Gasteiger partial charge in [-0.25, -0.2) is 9.78 Å². The lowest BCUT2D eigenvalue weighted by Gasteiger charge is -2.02. The smallest absolute Gasteiger partial charge is 0.331 e. The van der Waals surface area contributed by atoms with Crippen LogP contribution in [0.15, 0.2) is 66.1 Å². The van der Waals surface area contributed by atoms with E-state index in [1.54, 1.807) is 13.2 Å². The molecule has 2 aromatic carbocycles. The van der Waals surface area contributed by atoms with E-state index in [0.717, 1.165) is 22.6 Å². The topological polar surface area (TPSA) is 77.5 Å². The number of aromatic nitrogens is 1. The first kappa shape index (κ1) is 19.3. The van der Waals surface area contributed by atoms with Crippen LogP contribution in [0.25, 0.3) is 17.3 Å². The zero-order chi connectivity index (χ0) is 19.8. The summed E-state index contributed by atoms with van der Waals surface area (Å²) in [6.45, 7) is -0.380. The Morgan fingerprint density at radius 3 is 2.57 bits per heavy atom. The van der Waals surface area contributed by atoms with E-state index in [-0.39, 0.29) is 6.61 Å². The first-order valence-corrected chi connectivity index (χ1v) is 9.32. The van der Waals surface area contributed by atoms with Crippen LogP contribution < -0.4 is 10.1 Å². The number of esters is 1. The molecule has 1 aromatic heterocycles. The Kier molecular flexibility index (Phi) is 6.54. The number of nitrogens with one attached hydrogen (secondary N) is 1. The number of methoxy groups -OCH3 is 1. The van der Waals surface area contributed by atoms with Crippen molar-refractivity contribution in [2.45, 2.75) is 0 Å². The van der Waals surface area contributed by atoms with Gasteiger partial charge in [0, 0.05) is 17.0 Å². The van der Waals surface area contributed by atoms with Crippen molar-refractivity contribution in [3.05, 3.63) is 71.6 Å². The van der Waals surface area contributed by atoms with Crippen molar-refractivity contribution in [2.75, 3.05) is 19.0 Å². The van der Waals surface area contributed by atoms with Crippen LogP contribution in [-0.4, -0.2) is 30.6 Å². The zero-order valence-electron chi connectivity index (χ0n) is 15.1. The molecule has 0 aliphatic carbocycles. The second-order valence-electron chi connectivity index (χ2n) is 5.67. The Morgan fingerprint density at radius 2 is 1.86 bits per heavy atom. The van der Waals surface area contributed by atoms with Crippen LogP contribution in [0, 0.1) is 0 Å². The average molecular weight is 394 g/mol. The second-order valence-corrected chi connectivity index (χ2v) is 6.52. The van der Waals surface area contributed by atoms with Crippen LogP contribution >= 0.6 is 11.3 Å². The number of carbonyl (C=O) groups excluding carboxylic acids is 2. The summed E-state index contributed by atoms with van der Waals surface area (Å²) in [5.41, 5.74) is 2.53. The summed E-state index contributed by atoms with van der Waals surface area (Å²) in [5, 5.41) is 4.90. The van der Waals surface area contributed by atoms with Crippen LogP contribution in [0.5, 0.6) is 5.75 Å². The number of benzene rings is 2. The fourth-order valence-electron chi connectivity index (χ4n) is 2.29. The van der Waals surface area contributed by atoms with Gasteiger partial charge in [0.25, 0.3) is 5.91 Å². The van der Waals surface area contributed by atoms with Crippen LogP contribution in [0.3, 0.4) is 0 Å². The Bertz CT molecular complexity index is 966. The number of nitrogens with zero attached hydrogens (tertiary/aromatic N) is 1. The first-order chi connectivity index (χ1) is 13.6. The Morgan fingerprint density at radius 1 is 1.11 bits per heavy atom. The minimum absolute atomic E-state index is 0.380. The molecule has 3 rings (SSSR count). The molecule has 0 atom stereocenters. The quantitative estimate of drug-likeness (QED) is 0.484. The lowest BCUT2D eigenvalue weighted by atomic mass is 10.2. The summed E-state index contributed by atoms with van der Waals surface area (Å²) in [5.74, 6) is -0.273. The Labute approximate surface area is 166 Å². The number of rotatable bonds is 7. The standard InChI is InChI=1S/C21H18N2O4S/c1-26-17-10-8-16(9-11-17)18-14-28-21(22-18)23-19(24)13-27-20(25)12-7-15-5-3-2-4-6-15/h2-12,14H,13H2,1H3,(H,22,23,24)/b12-7+. The largest absolute Gasteiger partial charge is 0.497 e. The lowest BCUT2D eigenvalue weighted by molar-refractivity contribution is -0.142. The van der Waals surface area contributed by atoms with Gasteiger partial charge in [0.05, 0.1) is 12.8 Å². The third-order valence-electron chi connectivity index (χ3n) is 3.69. The summed E-state index contributed by atoms with van der Waals surface area (Å²) < 4.78 is 10.1. The first-order valence-electron chi connectivity index (χ1n) is 8.44. The minimum atomic E-state index is -0.586. The molecule has 0 spiro atoms. The highest BCUT2D eigenvalue weighted by atomic mass is 32.1. The normalized spacial score (nSPS) is 10.6. The SMILES string of the molecule is COc1ccc(-c2csc(NC(=O)COC(=O)/C=C/c3ccccc3)n2)cc1. The molecule has 3 aromatic rings. The molecule has 0 saturated heterocycles. The number of thiazole rings is 1. The molecule has 0 bridgehead atoms. The molecule has 0 aliphatic heterocycles. The summed E-state index contributed by atoms with van der Waals surface area (Å²) in [7, 11) is 1.61. The number of ether oxygens (including phenoxy) is 2. The second kappa shape index (κ2) is 9.48. The highest BCUT2D eigenvalue weighted by molar-refractivity contribution is 7.14. The van der Waals surface area contributed by atoms with Gasteiger partial charge in [-0.1, -0.05) is 30.3 Å². The lowest BCUT2D eigenvalue weighted by Crippen LogP contribution is -2.20. The summed E-state index contributed by atoms with van der Waals surface area (Å²) in [6.07, 6.45) is 2.91. The summed E-state index contributed by atoms with van der Waals surface area (Å²) in [4.78, 5) is 28.0. The Hall–Kier alpha value is -3.45. The monoisotopic (exact) mass is 394 g/mol.